The van der Waals surface area contributed by atoms with Gasteiger partial charge in [-0.1, -0.05) is 29.3 Å². The van der Waals surface area contributed by atoms with Gasteiger partial charge in [-0.2, -0.15) is 0 Å². The molecule has 1 aromatic heterocycles. The number of ether oxygens (including phenoxy) is 2. The van der Waals surface area contributed by atoms with E-state index >= 15 is 0 Å². The second-order valence-corrected chi connectivity index (χ2v) is 10.3. The molecule has 37 heavy (non-hydrogen) atoms. The molecule has 2 aromatic carbocycles. The maximum Gasteiger partial charge on any atom is 0.254 e. The quantitative estimate of drug-likeness (QED) is 0.429. The van der Waals surface area contributed by atoms with Crippen molar-refractivity contribution in [3.8, 4) is 11.6 Å². The van der Waals surface area contributed by atoms with Crippen molar-refractivity contribution in [2.75, 3.05) is 32.8 Å². The normalized spacial score (nSPS) is 19.6. The molecule has 0 bridgehead atoms. The van der Waals surface area contributed by atoms with Gasteiger partial charge < -0.3 is 19.3 Å². The highest BCUT2D eigenvalue weighted by Gasteiger charge is 2.43. The lowest BCUT2D eigenvalue weighted by molar-refractivity contribution is -0.126. The number of pyridine rings is 1. The Labute approximate surface area is 225 Å². The molecule has 2 aliphatic rings. The molecule has 192 valence electrons. The molecule has 2 fully saturated rings. The third-order valence-corrected chi connectivity index (χ3v) is 7.44. The summed E-state index contributed by atoms with van der Waals surface area (Å²) >= 11 is 12.1. The van der Waals surface area contributed by atoms with Crippen LogP contribution in [0.2, 0.25) is 10.0 Å². The van der Waals surface area contributed by atoms with Gasteiger partial charge in [0.2, 0.25) is 5.88 Å². The molecule has 3 heterocycles. The number of hydrogen-bond acceptors (Lipinski definition) is 5. The van der Waals surface area contributed by atoms with Crippen LogP contribution in [-0.2, 0) is 4.74 Å². The Morgan fingerprint density at radius 2 is 1.65 bits per heavy atom. The van der Waals surface area contributed by atoms with Crippen LogP contribution in [0.3, 0.4) is 0 Å². The summed E-state index contributed by atoms with van der Waals surface area (Å²) in [5.74, 6) is 0.844. The molecule has 5 rings (SSSR count). The average molecular weight is 540 g/mol. The highest BCUT2D eigenvalue weighted by Crippen LogP contribution is 2.31. The largest absolute Gasteiger partial charge is 0.439 e. The van der Waals surface area contributed by atoms with E-state index in [9.17, 15) is 9.59 Å². The fraction of sp³-hybridized carbons (Fsp3) is 0.321. The van der Waals surface area contributed by atoms with Gasteiger partial charge in [-0.05, 0) is 67.8 Å². The predicted molar refractivity (Wildman–Crippen MR) is 142 cm³/mol. The molecule has 2 saturated heterocycles. The van der Waals surface area contributed by atoms with Crippen molar-refractivity contribution in [1.82, 2.24) is 14.8 Å². The molecule has 2 aliphatic heterocycles. The number of rotatable bonds is 4. The van der Waals surface area contributed by atoms with Gasteiger partial charge in [-0.25, -0.2) is 4.98 Å². The van der Waals surface area contributed by atoms with Crippen LogP contribution in [0.4, 0.5) is 0 Å². The average Bonchev–Trinajstić information content (AvgIpc) is 2.91. The van der Waals surface area contributed by atoms with Crippen LogP contribution in [0.25, 0.3) is 0 Å². The van der Waals surface area contributed by atoms with E-state index < -0.39 is 5.60 Å². The molecule has 0 N–H and O–H groups in total. The Morgan fingerprint density at radius 3 is 2.35 bits per heavy atom. The van der Waals surface area contributed by atoms with Crippen molar-refractivity contribution < 1.29 is 19.1 Å². The number of morpholine rings is 1. The van der Waals surface area contributed by atoms with Crippen molar-refractivity contribution in [3.05, 3.63) is 87.5 Å². The fourth-order valence-electron chi connectivity index (χ4n) is 4.84. The summed E-state index contributed by atoms with van der Waals surface area (Å²) in [6.07, 6.45) is 3.10. The van der Waals surface area contributed by atoms with E-state index in [1.807, 2.05) is 22.8 Å². The summed E-state index contributed by atoms with van der Waals surface area (Å²) in [6.45, 7) is 4.33. The van der Waals surface area contributed by atoms with Crippen LogP contribution in [0.15, 0.2) is 60.8 Å². The SMILES string of the molecule is Cc1ccc(C(=O)N2CCCC3(C2)CN(C(=O)c2ccc(Oc4ccc(Cl)cn4)cc2)CCO3)cc1Cl. The minimum absolute atomic E-state index is 0.0706. The standard InChI is InChI=1S/C28H27Cl2N3O4/c1-19-3-4-21(15-24(19)30)27(35)32-12-2-11-28(17-32)18-33(13-14-36-28)26(34)20-5-8-23(9-6-20)37-25-10-7-22(29)16-31-25/h3-10,15-16H,2,11-14,17-18H2,1H3. The van der Waals surface area contributed by atoms with E-state index in [0.29, 0.717) is 65.6 Å². The molecule has 1 unspecified atom stereocenters. The fourth-order valence-corrected chi connectivity index (χ4v) is 5.13. The van der Waals surface area contributed by atoms with Crippen molar-refractivity contribution in [2.24, 2.45) is 0 Å². The second-order valence-electron chi connectivity index (χ2n) is 9.49. The molecular weight excluding hydrogens is 513 g/mol. The molecule has 0 radical (unpaired) electrons. The van der Waals surface area contributed by atoms with Gasteiger partial charge >= 0.3 is 0 Å². The highest BCUT2D eigenvalue weighted by molar-refractivity contribution is 6.31. The van der Waals surface area contributed by atoms with Gasteiger partial charge in [0.1, 0.15) is 11.4 Å². The van der Waals surface area contributed by atoms with E-state index in [4.69, 9.17) is 32.7 Å². The smallest absolute Gasteiger partial charge is 0.254 e. The first-order valence-corrected chi connectivity index (χ1v) is 13.0. The Kier molecular flexibility index (Phi) is 7.38. The first kappa shape index (κ1) is 25.5. The molecule has 7 nitrogen and oxygen atoms in total. The Hall–Kier alpha value is -3.13. The first-order valence-electron chi connectivity index (χ1n) is 12.2. The van der Waals surface area contributed by atoms with E-state index in [0.717, 1.165) is 18.4 Å². The number of aryl methyl sites for hydroxylation is 1. The maximum absolute atomic E-state index is 13.3. The minimum Gasteiger partial charge on any atom is -0.439 e. The summed E-state index contributed by atoms with van der Waals surface area (Å²) in [7, 11) is 0. The Morgan fingerprint density at radius 1 is 0.946 bits per heavy atom. The van der Waals surface area contributed by atoms with E-state index in [1.54, 1.807) is 48.5 Å². The van der Waals surface area contributed by atoms with Gasteiger partial charge in [0.15, 0.2) is 0 Å². The van der Waals surface area contributed by atoms with Gasteiger partial charge in [-0.3, -0.25) is 9.59 Å². The molecular formula is C28H27Cl2N3O4. The van der Waals surface area contributed by atoms with Gasteiger partial charge in [0.05, 0.1) is 24.7 Å². The van der Waals surface area contributed by atoms with Crippen molar-refractivity contribution in [2.45, 2.75) is 25.4 Å². The third-order valence-electron chi connectivity index (χ3n) is 6.81. The number of nitrogens with zero attached hydrogens (tertiary/aromatic N) is 3. The number of carbonyl (C=O) groups is 2. The lowest BCUT2D eigenvalue weighted by Gasteiger charge is -2.48. The van der Waals surface area contributed by atoms with Crippen LogP contribution in [0.1, 0.15) is 39.1 Å². The summed E-state index contributed by atoms with van der Waals surface area (Å²) < 4.78 is 12.0. The summed E-state index contributed by atoms with van der Waals surface area (Å²) in [5.41, 5.74) is 1.47. The molecule has 0 saturated carbocycles. The summed E-state index contributed by atoms with van der Waals surface area (Å²) in [6, 6.07) is 15.7. The van der Waals surface area contributed by atoms with Crippen molar-refractivity contribution in [3.63, 3.8) is 0 Å². The maximum atomic E-state index is 13.3. The number of halogens is 2. The lowest BCUT2D eigenvalue weighted by atomic mass is 9.90. The first-order chi connectivity index (χ1) is 17.8. The number of carbonyl (C=O) groups excluding carboxylic acids is 2. The molecule has 0 aliphatic carbocycles. The lowest BCUT2D eigenvalue weighted by Crippen LogP contribution is -2.61. The van der Waals surface area contributed by atoms with Gasteiger partial charge in [0.25, 0.3) is 11.8 Å². The molecule has 3 aromatic rings. The minimum atomic E-state index is -0.584. The van der Waals surface area contributed by atoms with Crippen LogP contribution >= 0.6 is 23.2 Å². The second kappa shape index (κ2) is 10.7. The number of aromatic nitrogens is 1. The Balaban J connectivity index is 1.25. The third kappa shape index (κ3) is 5.74. The van der Waals surface area contributed by atoms with E-state index in [-0.39, 0.29) is 11.8 Å². The monoisotopic (exact) mass is 539 g/mol. The predicted octanol–water partition coefficient (Wildman–Crippen LogP) is 5.64. The topological polar surface area (TPSA) is 72.0 Å². The number of likely N-dealkylation sites (tertiary alicyclic amines) is 1. The molecule has 9 heteroatoms. The zero-order chi connectivity index (χ0) is 26.0. The van der Waals surface area contributed by atoms with Gasteiger partial charge in [-0.15, -0.1) is 0 Å². The Bertz CT molecular complexity index is 1300. The summed E-state index contributed by atoms with van der Waals surface area (Å²) in [4.78, 5) is 34.3. The van der Waals surface area contributed by atoms with Crippen LogP contribution < -0.4 is 4.74 Å². The van der Waals surface area contributed by atoms with Crippen LogP contribution in [-0.4, -0.2) is 65.0 Å². The zero-order valence-electron chi connectivity index (χ0n) is 20.5. The number of benzene rings is 2. The molecule has 1 spiro atoms. The van der Waals surface area contributed by atoms with Gasteiger partial charge in [0, 0.05) is 41.5 Å². The van der Waals surface area contributed by atoms with Crippen molar-refractivity contribution >= 4 is 35.0 Å². The zero-order valence-corrected chi connectivity index (χ0v) is 22.0. The summed E-state index contributed by atoms with van der Waals surface area (Å²) in [5, 5.41) is 1.10. The highest BCUT2D eigenvalue weighted by atomic mass is 35.5. The number of piperidine rings is 1. The van der Waals surface area contributed by atoms with Crippen molar-refractivity contribution in [1.29, 1.82) is 0 Å². The molecule has 1 atom stereocenters. The van der Waals surface area contributed by atoms with E-state index in [1.165, 1.54) is 6.20 Å². The molecule has 2 amide bonds. The van der Waals surface area contributed by atoms with Crippen LogP contribution in [0, 0.1) is 6.92 Å². The number of amides is 2. The number of hydrogen-bond donors (Lipinski definition) is 0. The van der Waals surface area contributed by atoms with Crippen LogP contribution in [0.5, 0.6) is 11.6 Å². The van der Waals surface area contributed by atoms with E-state index in [2.05, 4.69) is 4.98 Å².